The summed E-state index contributed by atoms with van der Waals surface area (Å²) >= 11 is 61.7. The van der Waals surface area contributed by atoms with Gasteiger partial charge in [-0.25, -0.2) is 0 Å². The molecule has 0 aliphatic carbocycles. The maximum Gasteiger partial charge on any atom is 2.00 e. The van der Waals surface area contributed by atoms with Gasteiger partial charge >= 0.3 is 102 Å². The molecule has 4 fully saturated rings. The predicted octanol–water partition coefficient (Wildman–Crippen LogP) is 10.9. The topological polar surface area (TPSA) is 371 Å². The van der Waals surface area contributed by atoms with Crippen LogP contribution in [0.3, 0.4) is 0 Å². The number of hydrogen-bond acceptors (Lipinski definition) is 36. The SMILES string of the molecule is CC(=NN=C([S-])N(C)C)C(=NN=C([S-])N(C)C)c1ccccc1.CN(C)C([S-])=NN=CC(=NN=C([S-])N(C)C)c1ccccc1.CNC([S-])=NN=C(C)C(=NN=C([S-])NC)c1ccccc1.CNC([S-])=NN=CC(=NN=C([S-])NC)c1ccccc1.[Cu+2].[Cu+2].[Cu+2].[Cu+2].[Cu+2].[Cu+2].[S-]C(=NN=CC(=NN=C([S-])N1CCCCC1)c1ccccc1)N1CCCCC1.[S-]C(=NN=CC(=NN=C([S-])N1CCCCC1)c1ccccc1)N1CCCCC1. The standard InChI is InChI=1S/2C20H28N6S2.C15H22N6S2.C14H20N6S2.C13H18N6S2.C12H16N6S2.6Cu/c2*27-19(25-12-6-2-7-13-25)23-21-16-18(17-10-4-1-5-11-17)22-24-20(28)26-14-8-3-9-15-26;1-11(16-18-14(22)20(2)3)13(12-9-7-6-8-10-12)17-19-15(23)21(4)5;1-19(2)13(21)17-15-10-12(11-8-6-5-7-9-11)16-18-14(22)20(3)4;1-9(16-18-12(20)14-2)11(17-19-13(21)15-3)10-7-5-4-6-8-10;1-13-11(19)17-15-8-10(16-18-12(20)14-2)9-6-4-3-5-7-9;;;;;;/h2*1,4-5,10-11,16H,2-3,6-9,12-15H2,(H,23,27)(H,24,28);6-10H,1-5H3,(H,18,22)(H,19,23);5-10H,1-4H3,(H,17,21)(H,18,22);4-8H,1-3H3,(H2,14,18,20)(H2,15,19,21);3-8H,1-2H3,(H2,13,17,19)(H2,14,18,20);;;;;;/q;;;;;;6*+2/p-12. The summed E-state index contributed by atoms with van der Waals surface area (Å²) in [6, 6.07) is 57.8. The van der Waals surface area contributed by atoms with E-state index in [0.29, 0.717) is 97.4 Å². The van der Waals surface area contributed by atoms with Gasteiger partial charge in [-0.05, 0) is 112 Å². The summed E-state index contributed by atoms with van der Waals surface area (Å²) in [4.78, 5) is 15.2. The monoisotopic (exact) mass is 2510 g/mol. The molecule has 148 heavy (non-hydrogen) atoms. The fraction of sp³-hybridized carbons (Fsp3) is 0.362. The number of nitrogens with zero attached hydrogens (tertiary/aromatic N) is 32. The number of likely N-dealkylation sites (tertiary alicyclic amines) is 4. The summed E-state index contributed by atoms with van der Waals surface area (Å²) < 4.78 is 0. The average molecular weight is 2520 g/mol. The molecule has 54 heteroatoms. The molecule has 0 unspecified atom stereocenters. The molecule has 4 aliphatic rings. The van der Waals surface area contributed by atoms with E-state index in [9.17, 15) is 0 Å². The van der Waals surface area contributed by atoms with E-state index < -0.39 is 0 Å². The van der Waals surface area contributed by atoms with Gasteiger partial charge in [0.15, 0.2) is 0 Å². The fourth-order valence-electron chi connectivity index (χ4n) is 11.5. The molecule has 0 saturated carbocycles. The Morgan fingerprint density at radius 3 is 0.682 bits per heavy atom. The third-order valence-corrected chi connectivity index (χ3v) is 23.6. The Kier molecular flexibility index (Phi) is 80.3. The maximum atomic E-state index is 5.44. The van der Waals surface area contributed by atoms with Crippen LogP contribution in [0.1, 0.15) is 124 Å². The van der Waals surface area contributed by atoms with Gasteiger partial charge in [-0.15, -0.1) is 30.6 Å². The molecule has 4 N–H and O–H groups in total. The van der Waals surface area contributed by atoms with Crippen LogP contribution >= 0.6 is 0 Å². The predicted molar refractivity (Wildman–Crippen MR) is 628 cm³/mol. The Bertz CT molecular complexity index is 5470. The van der Waals surface area contributed by atoms with Crippen molar-refractivity contribution in [1.29, 1.82) is 0 Å². The van der Waals surface area contributed by atoms with Gasteiger partial charge in [0.25, 0.3) is 0 Å². The quantitative estimate of drug-likeness (QED) is 0.0144. The number of piperidine rings is 4. The molecule has 814 valence electrons. The number of nitrogens with one attached hydrogen (secondary N) is 4. The minimum Gasteiger partial charge on any atom is -0.741 e. The first-order chi connectivity index (χ1) is 68.5. The van der Waals surface area contributed by atoms with Gasteiger partial charge in [0.2, 0.25) is 0 Å². The Hall–Kier alpha value is -9.24. The molecule has 0 aromatic heterocycles. The molecular formula is C94H120Cu6N36S12. The van der Waals surface area contributed by atoms with E-state index in [1.54, 1.807) is 81.2 Å². The first-order valence-electron chi connectivity index (χ1n) is 44.9. The molecule has 10 rings (SSSR count). The zero-order chi connectivity index (χ0) is 104. The molecule has 6 radical (unpaired) electrons. The van der Waals surface area contributed by atoms with Crippen molar-refractivity contribution in [3.63, 3.8) is 0 Å². The third-order valence-electron chi connectivity index (χ3n) is 19.3. The Morgan fingerprint density at radius 2 is 0.412 bits per heavy atom. The van der Waals surface area contributed by atoms with Crippen molar-refractivity contribution in [2.24, 2.45) is 122 Å². The van der Waals surface area contributed by atoms with Crippen LogP contribution in [0.25, 0.3) is 0 Å². The van der Waals surface area contributed by atoms with E-state index in [1.165, 1.54) is 38.1 Å². The molecular weight excluding hydrogens is 2400 g/mol. The molecule has 0 atom stereocenters. The second kappa shape index (κ2) is 84.4. The molecule has 6 aromatic rings. The van der Waals surface area contributed by atoms with Gasteiger partial charge in [-0.3, -0.25) is 0 Å². The molecule has 6 aromatic carbocycles. The van der Waals surface area contributed by atoms with Crippen LogP contribution in [-0.2, 0) is 254 Å². The minimum atomic E-state index is 0. The smallest absolute Gasteiger partial charge is 0.741 e. The Morgan fingerprint density at radius 1 is 0.223 bits per heavy atom. The van der Waals surface area contributed by atoms with E-state index >= 15 is 0 Å². The second-order valence-electron chi connectivity index (χ2n) is 30.8. The summed E-state index contributed by atoms with van der Waals surface area (Å²) in [5.41, 5.74) is 9.97. The van der Waals surface area contributed by atoms with Crippen LogP contribution in [0, 0.1) is 0 Å². The number of rotatable bonds is 24. The maximum absolute atomic E-state index is 5.44. The van der Waals surface area contributed by atoms with Gasteiger partial charge in [-0.1, -0.05) is 182 Å². The third kappa shape index (κ3) is 59.0. The minimum absolute atomic E-state index is 0. The van der Waals surface area contributed by atoms with Crippen LogP contribution in [-0.4, -0.2) is 309 Å². The summed E-state index contributed by atoms with van der Waals surface area (Å²) in [6.07, 6.45) is 20.4. The van der Waals surface area contributed by atoms with Crippen molar-refractivity contribution in [1.82, 2.24) is 60.5 Å². The summed E-state index contributed by atoms with van der Waals surface area (Å²) in [7, 11) is 21.2. The molecule has 4 aliphatic heterocycles. The molecule has 0 amide bonds. The molecule has 0 bridgehead atoms. The zero-order valence-electron chi connectivity index (χ0n) is 83.8. The van der Waals surface area contributed by atoms with Crippen molar-refractivity contribution in [3.05, 3.63) is 215 Å². The normalized spacial score (nSPS) is 15.6. The van der Waals surface area contributed by atoms with Crippen LogP contribution in [0.4, 0.5) is 0 Å². The van der Waals surface area contributed by atoms with Gasteiger partial charge in [0.1, 0.15) is 34.3 Å². The Balaban J connectivity index is 0. The van der Waals surface area contributed by atoms with E-state index in [-0.39, 0.29) is 113 Å². The van der Waals surface area contributed by atoms with Crippen molar-refractivity contribution in [2.75, 3.05) is 137 Å². The van der Waals surface area contributed by atoms with Crippen LogP contribution in [0.2, 0.25) is 0 Å². The number of amidine groups is 12. The first kappa shape index (κ1) is 141. The van der Waals surface area contributed by atoms with Gasteiger partial charge < -0.3 is 212 Å². The summed E-state index contributed by atoms with van der Waals surface area (Å²) in [5, 5.41) is 114. The zero-order valence-corrected chi connectivity index (χ0v) is 99.2. The average Bonchev–Trinajstić information content (AvgIpc) is 0.843. The number of benzene rings is 6. The van der Waals surface area contributed by atoms with E-state index in [4.69, 9.17) is 152 Å². The fourth-order valence-corrected chi connectivity index (χ4v) is 12.8. The molecule has 4 heterocycles. The molecule has 4 saturated heterocycles. The summed E-state index contributed by atoms with van der Waals surface area (Å²) in [6.45, 7) is 11.2. The van der Waals surface area contributed by atoms with E-state index in [1.807, 2.05) is 231 Å². The summed E-state index contributed by atoms with van der Waals surface area (Å²) in [5.74, 6) is 0. The van der Waals surface area contributed by atoms with E-state index in [2.05, 4.69) is 163 Å². The van der Waals surface area contributed by atoms with E-state index in [0.717, 1.165) is 137 Å². The van der Waals surface area contributed by atoms with Gasteiger partial charge in [0, 0.05) is 212 Å². The first-order valence-corrected chi connectivity index (χ1v) is 49.8. The van der Waals surface area contributed by atoms with Crippen molar-refractivity contribution in [2.45, 2.75) is 90.9 Å². The Labute approximate surface area is 1000 Å². The number of hydrogen-bond donors (Lipinski definition) is 4. The van der Waals surface area contributed by atoms with Gasteiger partial charge in [-0.2, -0.15) is 91.8 Å². The van der Waals surface area contributed by atoms with Gasteiger partial charge in [0.05, 0.1) is 36.3 Å². The second-order valence-corrected chi connectivity index (χ2v) is 35.3. The van der Waals surface area contributed by atoms with Crippen LogP contribution in [0.15, 0.2) is 304 Å². The van der Waals surface area contributed by atoms with Crippen LogP contribution in [0.5, 0.6) is 0 Å². The van der Waals surface area contributed by atoms with Crippen molar-refractivity contribution < 1.29 is 102 Å². The largest absolute Gasteiger partial charge is 2.00 e. The van der Waals surface area contributed by atoms with Crippen molar-refractivity contribution in [3.8, 4) is 0 Å². The van der Waals surface area contributed by atoms with Crippen molar-refractivity contribution >= 4 is 284 Å². The van der Waals surface area contributed by atoms with Crippen LogP contribution < -0.4 is 21.3 Å². The molecule has 0 spiro atoms. The molecule has 36 nitrogen and oxygen atoms in total.